The zero-order valence-electron chi connectivity index (χ0n) is 10.2. The van der Waals surface area contributed by atoms with Gasteiger partial charge in [0.25, 0.3) is 5.91 Å². The lowest BCUT2D eigenvalue weighted by molar-refractivity contribution is -0.137. The Morgan fingerprint density at radius 2 is 1.76 bits per heavy atom. The fourth-order valence-electron chi connectivity index (χ4n) is 1.48. The number of aromatic nitrogens is 1. The smallest absolute Gasteiger partial charge is 0.321 e. The molecule has 1 heterocycles. The second-order valence-electron chi connectivity index (χ2n) is 4.01. The van der Waals surface area contributed by atoms with Crippen molar-refractivity contribution >= 4 is 34.8 Å². The first-order valence-corrected chi connectivity index (χ1v) is 6.32. The monoisotopic (exact) mass is 334 g/mol. The Labute approximate surface area is 127 Å². The molecule has 0 aliphatic heterocycles. The van der Waals surface area contributed by atoms with Crippen molar-refractivity contribution in [2.45, 2.75) is 6.18 Å². The van der Waals surface area contributed by atoms with Crippen LogP contribution in [0.15, 0.2) is 36.5 Å². The van der Waals surface area contributed by atoms with Gasteiger partial charge in [-0.05, 0) is 30.3 Å². The van der Waals surface area contributed by atoms with Gasteiger partial charge in [-0.25, -0.2) is 4.98 Å². The Morgan fingerprint density at radius 3 is 2.29 bits per heavy atom. The Hall–Kier alpha value is -1.79. The van der Waals surface area contributed by atoms with Crippen LogP contribution >= 0.6 is 23.2 Å². The van der Waals surface area contributed by atoms with Crippen LogP contribution in [0.1, 0.15) is 16.1 Å². The molecule has 8 heteroatoms. The van der Waals surface area contributed by atoms with Gasteiger partial charge in [-0.3, -0.25) is 4.79 Å². The zero-order chi connectivity index (χ0) is 15.6. The molecule has 0 atom stereocenters. The lowest BCUT2D eigenvalue weighted by Crippen LogP contribution is -2.15. The predicted molar refractivity (Wildman–Crippen MR) is 73.7 cm³/mol. The maximum Gasteiger partial charge on any atom is 0.417 e. The minimum atomic E-state index is -4.57. The van der Waals surface area contributed by atoms with Crippen LogP contribution in [0.2, 0.25) is 10.0 Å². The first kappa shape index (κ1) is 15.6. The number of amides is 1. The van der Waals surface area contributed by atoms with Crippen LogP contribution in [0.3, 0.4) is 0 Å². The normalized spacial score (nSPS) is 11.3. The average molecular weight is 335 g/mol. The van der Waals surface area contributed by atoms with E-state index in [2.05, 4.69) is 10.3 Å². The van der Waals surface area contributed by atoms with Gasteiger partial charge in [0.15, 0.2) is 0 Å². The number of rotatable bonds is 2. The molecule has 0 aliphatic carbocycles. The Bertz CT molecular complexity index is 672. The Morgan fingerprint density at radius 1 is 1.14 bits per heavy atom. The van der Waals surface area contributed by atoms with Crippen molar-refractivity contribution in [3.8, 4) is 0 Å². The quantitative estimate of drug-likeness (QED) is 0.867. The van der Waals surface area contributed by atoms with E-state index < -0.39 is 17.6 Å². The molecule has 21 heavy (non-hydrogen) atoms. The maximum absolute atomic E-state index is 12.5. The van der Waals surface area contributed by atoms with E-state index in [1.165, 1.54) is 12.1 Å². The number of benzene rings is 1. The van der Waals surface area contributed by atoms with Crippen molar-refractivity contribution in [2.75, 3.05) is 5.32 Å². The predicted octanol–water partition coefficient (Wildman–Crippen LogP) is 4.66. The van der Waals surface area contributed by atoms with E-state index in [1.807, 2.05) is 0 Å². The third-order valence-corrected chi connectivity index (χ3v) is 3.03. The van der Waals surface area contributed by atoms with Crippen LogP contribution in [0.5, 0.6) is 0 Å². The lowest BCUT2D eigenvalue weighted by atomic mass is 10.2. The molecular formula is C13H7Cl2F3N2O. The van der Waals surface area contributed by atoms with Crippen LogP contribution in [-0.2, 0) is 6.18 Å². The number of halogens is 5. The van der Waals surface area contributed by atoms with Crippen molar-refractivity contribution in [1.29, 1.82) is 0 Å². The minimum absolute atomic E-state index is 0.292. The summed E-state index contributed by atoms with van der Waals surface area (Å²) in [6, 6.07) is 6.85. The molecule has 0 saturated heterocycles. The van der Waals surface area contributed by atoms with Crippen molar-refractivity contribution in [3.63, 3.8) is 0 Å². The molecule has 0 saturated carbocycles. The highest BCUT2D eigenvalue weighted by Gasteiger charge is 2.32. The van der Waals surface area contributed by atoms with Crippen LogP contribution in [0.25, 0.3) is 0 Å². The summed E-state index contributed by atoms with van der Waals surface area (Å²) in [6.07, 6.45) is -4.01. The highest BCUT2D eigenvalue weighted by atomic mass is 35.5. The summed E-state index contributed by atoms with van der Waals surface area (Å²) in [6.45, 7) is 0. The summed E-state index contributed by atoms with van der Waals surface area (Å²) in [4.78, 5) is 15.4. The molecule has 0 radical (unpaired) electrons. The van der Waals surface area contributed by atoms with Gasteiger partial charge in [-0.1, -0.05) is 23.2 Å². The number of nitrogens with one attached hydrogen (secondary N) is 1. The van der Waals surface area contributed by atoms with Crippen LogP contribution < -0.4 is 5.32 Å². The first-order valence-electron chi connectivity index (χ1n) is 5.57. The van der Waals surface area contributed by atoms with E-state index in [-0.39, 0.29) is 10.7 Å². The summed E-state index contributed by atoms with van der Waals surface area (Å²) < 4.78 is 37.4. The second-order valence-corrected chi connectivity index (χ2v) is 4.86. The standard InChI is InChI=1S/C13H7Cl2F3N2O/c14-8-1-3-9(4-2-8)20-12(21)11-10(15)5-7(6-19-11)13(16,17)18/h1-6H,(H,20,21). The van der Waals surface area contributed by atoms with Gasteiger partial charge in [0.1, 0.15) is 5.69 Å². The van der Waals surface area contributed by atoms with E-state index in [0.717, 1.165) is 0 Å². The third-order valence-electron chi connectivity index (χ3n) is 2.49. The first-order chi connectivity index (χ1) is 9.77. The molecule has 0 spiro atoms. The third kappa shape index (κ3) is 3.86. The molecule has 3 nitrogen and oxygen atoms in total. The summed E-state index contributed by atoms with van der Waals surface area (Å²) >= 11 is 11.4. The molecule has 1 amide bonds. The van der Waals surface area contributed by atoms with E-state index in [9.17, 15) is 18.0 Å². The summed E-state index contributed by atoms with van der Waals surface area (Å²) in [5, 5.41) is 2.57. The molecule has 2 rings (SSSR count). The number of carbonyl (C=O) groups is 1. The fraction of sp³-hybridized carbons (Fsp3) is 0.0769. The average Bonchev–Trinajstić information content (AvgIpc) is 2.40. The van der Waals surface area contributed by atoms with E-state index in [1.54, 1.807) is 12.1 Å². The topological polar surface area (TPSA) is 42.0 Å². The largest absolute Gasteiger partial charge is 0.417 e. The molecular weight excluding hydrogens is 328 g/mol. The highest BCUT2D eigenvalue weighted by Crippen LogP contribution is 2.31. The van der Waals surface area contributed by atoms with Crippen molar-refractivity contribution in [3.05, 3.63) is 57.8 Å². The van der Waals surface area contributed by atoms with E-state index in [4.69, 9.17) is 23.2 Å². The van der Waals surface area contributed by atoms with Gasteiger partial charge in [0.2, 0.25) is 0 Å². The number of hydrogen-bond acceptors (Lipinski definition) is 2. The molecule has 0 aliphatic rings. The summed E-state index contributed by atoms with van der Waals surface area (Å²) in [7, 11) is 0. The highest BCUT2D eigenvalue weighted by molar-refractivity contribution is 6.34. The molecule has 0 fully saturated rings. The van der Waals surface area contributed by atoms with Gasteiger partial charge in [0, 0.05) is 16.9 Å². The van der Waals surface area contributed by atoms with Crippen molar-refractivity contribution < 1.29 is 18.0 Å². The molecule has 2 aromatic rings. The number of pyridine rings is 1. The van der Waals surface area contributed by atoms with Crippen LogP contribution in [0, 0.1) is 0 Å². The molecule has 1 aromatic heterocycles. The number of carbonyl (C=O) groups excluding carboxylic acids is 1. The van der Waals surface area contributed by atoms with Crippen molar-refractivity contribution in [1.82, 2.24) is 4.98 Å². The fourth-order valence-corrected chi connectivity index (χ4v) is 1.86. The van der Waals surface area contributed by atoms with Gasteiger partial charge in [-0.2, -0.15) is 13.2 Å². The number of alkyl halides is 3. The zero-order valence-corrected chi connectivity index (χ0v) is 11.7. The van der Waals surface area contributed by atoms with Gasteiger partial charge < -0.3 is 5.32 Å². The molecule has 0 bridgehead atoms. The second kappa shape index (κ2) is 5.91. The summed E-state index contributed by atoms with van der Waals surface area (Å²) in [5.74, 6) is -0.712. The molecule has 0 unspecified atom stereocenters. The number of nitrogens with zero attached hydrogens (tertiary/aromatic N) is 1. The van der Waals surface area contributed by atoms with E-state index in [0.29, 0.717) is 23.0 Å². The van der Waals surface area contributed by atoms with Gasteiger partial charge in [0.05, 0.1) is 10.6 Å². The molecule has 1 N–H and O–H groups in total. The lowest BCUT2D eigenvalue weighted by Gasteiger charge is -2.09. The van der Waals surface area contributed by atoms with Gasteiger partial charge in [-0.15, -0.1) is 0 Å². The van der Waals surface area contributed by atoms with Crippen LogP contribution in [0.4, 0.5) is 18.9 Å². The Balaban J connectivity index is 2.22. The number of anilines is 1. The maximum atomic E-state index is 12.5. The summed E-state index contributed by atoms with van der Waals surface area (Å²) in [5.41, 5.74) is -0.891. The molecule has 110 valence electrons. The SMILES string of the molecule is O=C(Nc1ccc(Cl)cc1)c1ncc(C(F)(F)F)cc1Cl. The van der Waals surface area contributed by atoms with Crippen molar-refractivity contribution in [2.24, 2.45) is 0 Å². The minimum Gasteiger partial charge on any atom is -0.321 e. The molecule has 1 aromatic carbocycles. The van der Waals surface area contributed by atoms with Gasteiger partial charge >= 0.3 is 6.18 Å². The van der Waals surface area contributed by atoms with E-state index >= 15 is 0 Å². The Kier molecular flexibility index (Phi) is 4.39. The number of hydrogen-bond donors (Lipinski definition) is 1. The van der Waals surface area contributed by atoms with Crippen LogP contribution in [-0.4, -0.2) is 10.9 Å².